The Balaban J connectivity index is 1.97. The topological polar surface area (TPSA) is 133 Å². The zero-order chi connectivity index (χ0) is 21.1. The van der Waals surface area contributed by atoms with Gasteiger partial charge in [0.05, 0.1) is 10.6 Å². The lowest BCUT2D eigenvalue weighted by Gasteiger charge is -2.13. The number of nitrogens with one attached hydrogen (secondary N) is 1. The molecule has 0 aliphatic carbocycles. The first-order chi connectivity index (χ1) is 13.8. The Morgan fingerprint density at radius 2 is 1.90 bits per heavy atom. The lowest BCUT2D eigenvalue weighted by molar-refractivity contribution is -0.383. The highest BCUT2D eigenvalue weighted by atomic mass is 35.5. The van der Waals surface area contributed by atoms with Gasteiger partial charge >= 0.3 is 0 Å². The van der Waals surface area contributed by atoms with E-state index in [1.54, 1.807) is 30.3 Å². The lowest BCUT2D eigenvalue weighted by atomic mass is 10.0. The van der Waals surface area contributed by atoms with Crippen LogP contribution in [0.1, 0.15) is 18.2 Å². The number of benzene rings is 2. The van der Waals surface area contributed by atoms with E-state index in [-0.39, 0.29) is 17.5 Å². The number of nitrogens with two attached hydrogens (primary N) is 2. The molecule has 0 aliphatic heterocycles. The molecular weight excluding hydrogens is 415 g/mol. The van der Waals surface area contributed by atoms with Gasteiger partial charge in [0.2, 0.25) is 5.95 Å². The van der Waals surface area contributed by atoms with Crippen molar-refractivity contribution < 1.29 is 4.92 Å². The fraction of sp³-hybridized carbons (Fsp3) is 0.158. The van der Waals surface area contributed by atoms with E-state index in [9.17, 15) is 10.1 Å². The Labute approximate surface area is 177 Å². The van der Waals surface area contributed by atoms with Crippen LogP contribution in [0.3, 0.4) is 0 Å². The molecule has 29 heavy (non-hydrogen) atoms. The maximum Gasteiger partial charge on any atom is 0.292 e. The average molecular weight is 433 g/mol. The van der Waals surface area contributed by atoms with E-state index in [1.807, 2.05) is 6.92 Å². The summed E-state index contributed by atoms with van der Waals surface area (Å²) in [4.78, 5) is 19.4. The SMILES string of the molecule is CCc1nc(N)nc(N)c1-c1ccc(NCc2ccc(Cl)cc2Cl)c([N+](=O)[O-])c1. The second-order valence-corrected chi connectivity index (χ2v) is 7.06. The molecule has 150 valence electrons. The molecule has 1 aromatic heterocycles. The van der Waals surface area contributed by atoms with Crippen molar-refractivity contribution in [2.75, 3.05) is 16.8 Å². The predicted molar refractivity (Wildman–Crippen MR) is 116 cm³/mol. The van der Waals surface area contributed by atoms with Crippen LogP contribution in [0.25, 0.3) is 11.1 Å². The van der Waals surface area contributed by atoms with Gasteiger partial charge in [0, 0.05) is 28.2 Å². The van der Waals surface area contributed by atoms with E-state index >= 15 is 0 Å². The molecule has 0 bridgehead atoms. The number of hydrogen-bond acceptors (Lipinski definition) is 7. The van der Waals surface area contributed by atoms with Gasteiger partial charge in [-0.1, -0.05) is 42.3 Å². The quantitative estimate of drug-likeness (QED) is 0.379. The van der Waals surface area contributed by atoms with E-state index in [1.165, 1.54) is 6.07 Å². The molecule has 2 aromatic carbocycles. The largest absolute Gasteiger partial charge is 0.383 e. The number of nitrogens with zero attached hydrogens (tertiary/aromatic N) is 3. The molecule has 0 atom stereocenters. The molecule has 0 spiro atoms. The third-order valence-corrected chi connectivity index (χ3v) is 4.92. The zero-order valence-corrected chi connectivity index (χ0v) is 17.0. The summed E-state index contributed by atoms with van der Waals surface area (Å²) in [7, 11) is 0. The first-order valence-corrected chi connectivity index (χ1v) is 9.44. The van der Waals surface area contributed by atoms with Crippen LogP contribution in [-0.2, 0) is 13.0 Å². The zero-order valence-electron chi connectivity index (χ0n) is 15.4. The van der Waals surface area contributed by atoms with Gasteiger partial charge in [-0.15, -0.1) is 0 Å². The summed E-state index contributed by atoms with van der Waals surface area (Å²) in [6, 6.07) is 9.87. The molecule has 0 saturated carbocycles. The minimum Gasteiger partial charge on any atom is -0.383 e. The number of nitro groups is 1. The fourth-order valence-corrected chi connectivity index (χ4v) is 3.44. The Morgan fingerprint density at radius 1 is 1.14 bits per heavy atom. The molecule has 0 amide bonds. The third-order valence-electron chi connectivity index (χ3n) is 4.33. The minimum absolute atomic E-state index is 0.0655. The van der Waals surface area contributed by atoms with Gasteiger partial charge in [0.15, 0.2) is 0 Å². The summed E-state index contributed by atoms with van der Waals surface area (Å²) in [6.07, 6.45) is 0.551. The highest BCUT2D eigenvalue weighted by Crippen LogP contribution is 2.35. The van der Waals surface area contributed by atoms with Crippen LogP contribution < -0.4 is 16.8 Å². The van der Waals surface area contributed by atoms with Crippen molar-refractivity contribution in [2.24, 2.45) is 0 Å². The molecule has 5 N–H and O–H groups in total. The van der Waals surface area contributed by atoms with Crippen molar-refractivity contribution in [1.82, 2.24) is 9.97 Å². The van der Waals surface area contributed by atoms with Crippen LogP contribution in [0, 0.1) is 10.1 Å². The number of aromatic nitrogens is 2. The van der Waals surface area contributed by atoms with Crippen LogP contribution >= 0.6 is 23.2 Å². The molecule has 8 nitrogen and oxygen atoms in total. The van der Waals surface area contributed by atoms with Crippen LogP contribution in [-0.4, -0.2) is 14.9 Å². The summed E-state index contributed by atoms with van der Waals surface area (Å²) >= 11 is 12.1. The van der Waals surface area contributed by atoms with Crippen molar-refractivity contribution >= 4 is 46.3 Å². The van der Waals surface area contributed by atoms with Crippen molar-refractivity contribution in [3.63, 3.8) is 0 Å². The molecule has 3 aromatic rings. The first-order valence-electron chi connectivity index (χ1n) is 8.68. The fourth-order valence-electron chi connectivity index (χ4n) is 2.96. The number of anilines is 3. The second kappa shape index (κ2) is 8.50. The molecule has 10 heteroatoms. The molecule has 0 aliphatic rings. The summed E-state index contributed by atoms with van der Waals surface area (Å²) < 4.78 is 0. The van der Waals surface area contributed by atoms with E-state index < -0.39 is 4.92 Å². The molecule has 0 saturated heterocycles. The summed E-state index contributed by atoms with van der Waals surface area (Å²) in [6.45, 7) is 2.19. The maximum absolute atomic E-state index is 11.7. The van der Waals surface area contributed by atoms with Crippen LogP contribution in [0.4, 0.5) is 23.1 Å². The van der Waals surface area contributed by atoms with Crippen LogP contribution in [0.2, 0.25) is 10.0 Å². The second-order valence-electron chi connectivity index (χ2n) is 6.22. The van der Waals surface area contributed by atoms with Crippen LogP contribution in [0.15, 0.2) is 36.4 Å². The van der Waals surface area contributed by atoms with Gasteiger partial charge in [-0.25, -0.2) is 4.98 Å². The van der Waals surface area contributed by atoms with Gasteiger partial charge in [0.25, 0.3) is 5.69 Å². The number of nitrogen functional groups attached to an aromatic ring is 2. The van der Waals surface area contributed by atoms with Crippen molar-refractivity contribution in [2.45, 2.75) is 19.9 Å². The van der Waals surface area contributed by atoms with E-state index in [4.69, 9.17) is 34.7 Å². The Kier molecular flexibility index (Phi) is 6.05. The molecule has 1 heterocycles. The number of nitro benzene ring substituents is 1. The van der Waals surface area contributed by atoms with Gasteiger partial charge in [-0.05, 0) is 35.7 Å². The monoisotopic (exact) mass is 432 g/mol. The number of aryl methyl sites for hydroxylation is 1. The van der Waals surface area contributed by atoms with Crippen LogP contribution in [0.5, 0.6) is 0 Å². The smallest absolute Gasteiger partial charge is 0.292 e. The highest BCUT2D eigenvalue weighted by Gasteiger charge is 2.19. The maximum atomic E-state index is 11.7. The van der Waals surface area contributed by atoms with E-state index in [2.05, 4.69) is 15.3 Å². The van der Waals surface area contributed by atoms with Crippen molar-refractivity contribution in [3.05, 3.63) is 67.8 Å². The predicted octanol–water partition coefficient (Wildman–Crippen LogP) is 4.70. The van der Waals surface area contributed by atoms with Crippen molar-refractivity contribution in [1.29, 1.82) is 0 Å². The van der Waals surface area contributed by atoms with E-state index in [0.717, 1.165) is 5.56 Å². The van der Waals surface area contributed by atoms with Gasteiger partial charge < -0.3 is 16.8 Å². The van der Waals surface area contributed by atoms with Gasteiger partial charge in [0.1, 0.15) is 11.5 Å². The average Bonchev–Trinajstić information content (AvgIpc) is 2.66. The Morgan fingerprint density at radius 3 is 2.55 bits per heavy atom. The minimum atomic E-state index is -0.463. The van der Waals surface area contributed by atoms with Crippen molar-refractivity contribution in [3.8, 4) is 11.1 Å². The Hall–Kier alpha value is -3.10. The first kappa shape index (κ1) is 20.6. The molecule has 3 rings (SSSR count). The van der Waals surface area contributed by atoms with Gasteiger partial charge in [-0.3, -0.25) is 10.1 Å². The molecule has 0 fully saturated rings. The molecule has 0 unspecified atom stereocenters. The highest BCUT2D eigenvalue weighted by molar-refractivity contribution is 6.35. The Bertz CT molecular complexity index is 1090. The standard InChI is InChI=1S/C19H18Cl2N6O2/c1-2-14-17(18(22)26-19(23)25-14)10-4-6-15(16(7-10)27(28)29)24-9-11-3-5-12(20)8-13(11)21/h3-8,24H,2,9H2,1H3,(H4,22,23,25,26). The summed E-state index contributed by atoms with van der Waals surface area (Å²) in [5, 5.41) is 15.7. The number of hydrogen-bond donors (Lipinski definition) is 3. The summed E-state index contributed by atoms with van der Waals surface area (Å²) in [5.41, 5.74) is 14.4. The number of halogens is 2. The molecular formula is C19H18Cl2N6O2. The number of rotatable bonds is 6. The summed E-state index contributed by atoms with van der Waals surface area (Å²) in [5.74, 6) is 0.244. The van der Waals surface area contributed by atoms with Gasteiger partial charge in [-0.2, -0.15) is 4.98 Å². The molecule has 0 radical (unpaired) electrons. The normalized spacial score (nSPS) is 10.7. The third kappa shape index (κ3) is 4.49. The lowest BCUT2D eigenvalue weighted by Crippen LogP contribution is -2.07. The van der Waals surface area contributed by atoms with E-state index in [0.29, 0.717) is 45.5 Å².